The number of rotatable bonds is 4. The van der Waals surface area contributed by atoms with E-state index in [2.05, 4.69) is 0 Å². The third-order valence-electron chi connectivity index (χ3n) is 3.35. The number of carboxylic acid groups (broad SMARTS) is 1. The zero-order chi connectivity index (χ0) is 16.3. The molecule has 5 heteroatoms. The Hall–Kier alpha value is -2.40. The number of sulfone groups is 1. The summed E-state index contributed by atoms with van der Waals surface area (Å²) >= 11 is 0. The Morgan fingerprint density at radius 3 is 2.09 bits per heavy atom. The van der Waals surface area contributed by atoms with E-state index in [1.165, 1.54) is 12.1 Å². The Labute approximate surface area is 129 Å². The van der Waals surface area contributed by atoms with Crippen LogP contribution in [0, 0.1) is 0 Å². The molecule has 0 amide bonds. The highest BCUT2D eigenvalue weighted by atomic mass is 32.2. The third-order valence-corrected chi connectivity index (χ3v) is 4.46. The first-order chi connectivity index (χ1) is 10.3. The molecule has 0 atom stereocenters. The molecule has 0 fully saturated rings. The van der Waals surface area contributed by atoms with Gasteiger partial charge in [0.2, 0.25) is 0 Å². The van der Waals surface area contributed by atoms with Crippen LogP contribution in [-0.4, -0.2) is 25.7 Å². The first-order valence-electron chi connectivity index (χ1n) is 6.61. The van der Waals surface area contributed by atoms with Crippen LogP contribution in [0.25, 0.3) is 11.1 Å². The summed E-state index contributed by atoms with van der Waals surface area (Å²) in [4.78, 5) is 11.8. The Balaban J connectivity index is 2.65. The fourth-order valence-electron chi connectivity index (χ4n) is 2.21. The lowest BCUT2D eigenvalue weighted by Crippen LogP contribution is -2.03. The lowest BCUT2D eigenvalue weighted by Gasteiger charge is -2.10. The second-order valence-corrected chi connectivity index (χ2v) is 6.99. The van der Waals surface area contributed by atoms with E-state index in [9.17, 15) is 18.3 Å². The monoisotopic (exact) mass is 316 g/mol. The van der Waals surface area contributed by atoms with E-state index >= 15 is 0 Å². The van der Waals surface area contributed by atoms with E-state index in [1.807, 2.05) is 6.07 Å². The standard InChI is InChI=1S/C17H16O4S/c1-12(14-9-6-10-15(11-14)22(2,20)21)16(17(18)19)13-7-4-3-5-8-13/h3-11H,1-2H3,(H,18,19). The molecular formula is C17H16O4S. The van der Waals surface area contributed by atoms with Crippen molar-refractivity contribution in [2.75, 3.05) is 6.26 Å². The number of carbonyl (C=O) groups is 1. The van der Waals surface area contributed by atoms with Gasteiger partial charge < -0.3 is 5.11 Å². The molecule has 0 heterocycles. The van der Waals surface area contributed by atoms with E-state index in [0.717, 1.165) is 6.26 Å². The molecule has 0 radical (unpaired) electrons. The maximum absolute atomic E-state index is 11.6. The zero-order valence-corrected chi connectivity index (χ0v) is 13.1. The minimum Gasteiger partial charge on any atom is -0.478 e. The van der Waals surface area contributed by atoms with Crippen LogP contribution in [-0.2, 0) is 14.6 Å². The molecule has 2 aromatic rings. The zero-order valence-electron chi connectivity index (χ0n) is 12.3. The van der Waals surface area contributed by atoms with Gasteiger partial charge in [-0.3, -0.25) is 0 Å². The molecule has 0 aliphatic heterocycles. The fraction of sp³-hybridized carbons (Fsp3) is 0.118. The first kappa shape index (κ1) is 16.0. The van der Waals surface area contributed by atoms with Crippen molar-refractivity contribution in [2.24, 2.45) is 0 Å². The van der Waals surface area contributed by atoms with E-state index < -0.39 is 15.8 Å². The van der Waals surface area contributed by atoms with Crippen LogP contribution in [0.5, 0.6) is 0 Å². The quantitative estimate of drug-likeness (QED) is 0.695. The summed E-state index contributed by atoms with van der Waals surface area (Å²) in [7, 11) is -3.34. The second kappa shape index (κ2) is 6.15. The molecule has 0 spiro atoms. The third kappa shape index (κ3) is 3.43. The number of hydrogen-bond acceptors (Lipinski definition) is 3. The van der Waals surface area contributed by atoms with E-state index in [4.69, 9.17) is 0 Å². The smallest absolute Gasteiger partial charge is 0.336 e. The number of benzene rings is 2. The first-order valence-corrected chi connectivity index (χ1v) is 8.50. The van der Waals surface area contributed by atoms with Gasteiger partial charge in [-0.1, -0.05) is 42.5 Å². The van der Waals surface area contributed by atoms with Crippen LogP contribution >= 0.6 is 0 Å². The number of aliphatic carboxylic acids is 1. The van der Waals surface area contributed by atoms with Gasteiger partial charge in [0.15, 0.2) is 9.84 Å². The minimum absolute atomic E-state index is 0.159. The average Bonchev–Trinajstić information content (AvgIpc) is 2.47. The summed E-state index contributed by atoms with van der Waals surface area (Å²) in [6.07, 6.45) is 1.13. The summed E-state index contributed by atoms with van der Waals surface area (Å²) in [6, 6.07) is 15.1. The molecule has 0 bridgehead atoms. The van der Waals surface area contributed by atoms with Gasteiger partial charge in [-0.05, 0) is 35.8 Å². The largest absolute Gasteiger partial charge is 0.478 e. The molecule has 1 N–H and O–H groups in total. The van der Waals surface area contributed by atoms with Gasteiger partial charge >= 0.3 is 5.97 Å². The van der Waals surface area contributed by atoms with Crippen molar-refractivity contribution in [3.8, 4) is 0 Å². The topological polar surface area (TPSA) is 71.4 Å². The molecule has 0 aromatic heterocycles. The summed E-state index contributed by atoms with van der Waals surface area (Å²) in [5.41, 5.74) is 1.83. The molecule has 2 aromatic carbocycles. The summed E-state index contributed by atoms with van der Waals surface area (Å²) in [5, 5.41) is 9.51. The predicted molar refractivity (Wildman–Crippen MR) is 86.1 cm³/mol. The predicted octanol–water partition coefficient (Wildman–Crippen LogP) is 3.11. The van der Waals surface area contributed by atoms with Gasteiger partial charge in [-0.15, -0.1) is 0 Å². The van der Waals surface area contributed by atoms with Crippen LogP contribution in [0.2, 0.25) is 0 Å². The molecule has 22 heavy (non-hydrogen) atoms. The maximum atomic E-state index is 11.6. The highest BCUT2D eigenvalue weighted by Crippen LogP contribution is 2.27. The lowest BCUT2D eigenvalue weighted by molar-refractivity contribution is -0.130. The van der Waals surface area contributed by atoms with E-state index in [1.54, 1.807) is 43.3 Å². The second-order valence-electron chi connectivity index (χ2n) is 4.97. The minimum atomic E-state index is -3.34. The van der Waals surface area contributed by atoms with Gasteiger partial charge in [-0.2, -0.15) is 0 Å². The van der Waals surface area contributed by atoms with Gasteiger partial charge in [0, 0.05) is 6.26 Å². The normalized spacial score (nSPS) is 12.6. The average molecular weight is 316 g/mol. The van der Waals surface area contributed by atoms with Gasteiger partial charge in [0.25, 0.3) is 0 Å². The molecule has 114 valence electrons. The molecule has 0 aliphatic rings. The van der Waals surface area contributed by atoms with Crippen LogP contribution in [0.4, 0.5) is 0 Å². The summed E-state index contributed by atoms with van der Waals surface area (Å²) in [6.45, 7) is 1.68. The van der Waals surface area contributed by atoms with E-state index in [0.29, 0.717) is 16.7 Å². The molecule has 2 rings (SSSR count). The molecule has 0 unspecified atom stereocenters. The van der Waals surface area contributed by atoms with Gasteiger partial charge in [0.1, 0.15) is 0 Å². The summed E-state index contributed by atoms with van der Waals surface area (Å²) < 4.78 is 23.3. The number of hydrogen-bond donors (Lipinski definition) is 1. The Kier molecular flexibility index (Phi) is 4.47. The van der Waals surface area contributed by atoms with Crippen LogP contribution in [0.15, 0.2) is 59.5 Å². The van der Waals surface area contributed by atoms with Crippen molar-refractivity contribution < 1.29 is 18.3 Å². The number of carboxylic acids is 1. The maximum Gasteiger partial charge on any atom is 0.336 e. The molecule has 0 saturated carbocycles. The lowest BCUT2D eigenvalue weighted by atomic mass is 9.96. The van der Waals surface area contributed by atoms with Crippen molar-refractivity contribution in [2.45, 2.75) is 11.8 Å². The van der Waals surface area contributed by atoms with Crippen molar-refractivity contribution in [1.82, 2.24) is 0 Å². The van der Waals surface area contributed by atoms with Crippen LogP contribution in [0.3, 0.4) is 0 Å². The van der Waals surface area contributed by atoms with Crippen molar-refractivity contribution in [3.05, 3.63) is 65.7 Å². The molecule has 4 nitrogen and oxygen atoms in total. The highest BCUT2D eigenvalue weighted by Gasteiger charge is 2.16. The summed E-state index contributed by atoms with van der Waals surface area (Å²) in [5.74, 6) is -1.05. The van der Waals surface area contributed by atoms with Crippen molar-refractivity contribution in [1.29, 1.82) is 0 Å². The number of allylic oxidation sites excluding steroid dienone is 1. The van der Waals surface area contributed by atoms with Gasteiger partial charge in [0.05, 0.1) is 10.5 Å². The molecular weight excluding hydrogens is 300 g/mol. The Morgan fingerprint density at radius 1 is 0.955 bits per heavy atom. The Bertz CT molecular complexity index is 834. The van der Waals surface area contributed by atoms with Crippen LogP contribution in [0.1, 0.15) is 18.1 Å². The van der Waals surface area contributed by atoms with E-state index in [-0.39, 0.29) is 10.5 Å². The van der Waals surface area contributed by atoms with Crippen molar-refractivity contribution in [3.63, 3.8) is 0 Å². The van der Waals surface area contributed by atoms with Crippen molar-refractivity contribution >= 4 is 27.0 Å². The highest BCUT2D eigenvalue weighted by molar-refractivity contribution is 7.90. The molecule has 0 saturated heterocycles. The van der Waals surface area contributed by atoms with Crippen LogP contribution < -0.4 is 0 Å². The van der Waals surface area contributed by atoms with Gasteiger partial charge in [-0.25, -0.2) is 13.2 Å². The SMILES string of the molecule is CC(=C(C(=O)O)c1ccccc1)c1cccc(S(C)(=O)=O)c1. The Morgan fingerprint density at radius 2 is 1.55 bits per heavy atom. The fourth-order valence-corrected chi connectivity index (χ4v) is 2.88. The molecule has 0 aliphatic carbocycles.